The van der Waals surface area contributed by atoms with Gasteiger partial charge in [-0.15, -0.1) is 6.58 Å². The molecule has 0 fully saturated rings. The SMILES string of the molecule is C=CC(C#Cc1ccccc1)c1ccccc1. The zero-order chi connectivity index (χ0) is 11.9. The van der Waals surface area contributed by atoms with Gasteiger partial charge in [0.2, 0.25) is 0 Å². The Kier molecular flexibility index (Phi) is 3.78. The van der Waals surface area contributed by atoms with Crippen LogP contribution in [0.2, 0.25) is 0 Å². The molecule has 2 aromatic rings. The van der Waals surface area contributed by atoms with Gasteiger partial charge in [0.15, 0.2) is 0 Å². The summed E-state index contributed by atoms with van der Waals surface area (Å²) in [4.78, 5) is 0. The van der Waals surface area contributed by atoms with Gasteiger partial charge in [-0.1, -0.05) is 66.4 Å². The van der Waals surface area contributed by atoms with Crippen molar-refractivity contribution in [3.8, 4) is 11.8 Å². The second kappa shape index (κ2) is 5.72. The second-order valence-electron chi connectivity index (χ2n) is 3.76. The van der Waals surface area contributed by atoms with Crippen LogP contribution >= 0.6 is 0 Å². The van der Waals surface area contributed by atoms with Crippen LogP contribution in [0.4, 0.5) is 0 Å². The summed E-state index contributed by atoms with van der Waals surface area (Å²) in [5.74, 6) is 6.50. The smallest absolute Gasteiger partial charge is 0.0633 e. The van der Waals surface area contributed by atoms with Crippen molar-refractivity contribution < 1.29 is 0 Å². The van der Waals surface area contributed by atoms with Crippen LogP contribution < -0.4 is 0 Å². The molecule has 0 nitrogen and oxygen atoms in total. The molecule has 1 unspecified atom stereocenters. The maximum atomic E-state index is 3.85. The van der Waals surface area contributed by atoms with Crippen LogP contribution in [0.1, 0.15) is 17.0 Å². The Morgan fingerprint density at radius 2 is 1.47 bits per heavy atom. The molecule has 17 heavy (non-hydrogen) atoms. The van der Waals surface area contributed by atoms with E-state index < -0.39 is 0 Å². The first-order chi connectivity index (χ1) is 8.40. The minimum absolute atomic E-state index is 0.0939. The van der Waals surface area contributed by atoms with E-state index in [9.17, 15) is 0 Å². The van der Waals surface area contributed by atoms with Crippen LogP contribution in [0.5, 0.6) is 0 Å². The molecule has 0 aliphatic rings. The van der Waals surface area contributed by atoms with Gasteiger partial charge >= 0.3 is 0 Å². The van der Waals surface area contributed by atoms with Gasteiger partial charge < -0.3 is 0 Å². The lowest BCUT2D eigenvalue weighted by Crippen LogP contribution is -1.90. The number of rotatable bonds is 2. The summed E-state index contributed by atoms with van der Waals surface area (Å²) >= 11 is 0. The molecule has 1 atom stereocenters. The average molecular weight is 218 g/mol. The fraction of sp³-hybridized carbons (Fsp3) is 0.0588. The van der Waals surface area contributed by atoms with E-state index in [1.807, 2.05) is 54.6 Å². The minimum atomic E-state index is 0.0939. The molecule has 0 amide bonds. The van der Waals surface area contributed by atoms with Gasteiger partial charge in [-0.3, -0.25) is 0 Å². The Hall–Kier alpha value is -2.26. The first-order valence-corrected chi connectivity index (χ1v) is 5.64. The minimum Gasteiger partial charge on any atom is -0.102 e. The van der Waals surface area contributed by atoms with E-state index in [1.54, 1.807) is 0 Å². The average Bonchev–Trinajstić information content (AvgIpc) is 2.42. The fourth-order valence-electron chi connectivity index (χ4n) is 1.62. The lowest BCUT2D eigenvalue weighted by Gasteiger charge is -2.04. The van der Waals surface area contributed by atoms with Gasteiger partial charge in [0, 0.05) is 5.56 Å². The number of hydrogen-bond donors (Lipinski definition) is 0. The lowest BCUT2D eigenvalue weighted by molar-refractivity contribution is 1.13. The molecule has 0 spiro atoms. The topological polar surface area (TPSA) is 0 Å². The van der Waals surface area contributed by atoms with Crippen molar-refractivity contribution in [2.45, 2.75) is 5.92 Å². The fourth-order valence-corrected chi connectivity index (χ4v) is 1.62. The molecule has 0 saturated carbocycles. The third-order valence-corrected chi connectivity index (χ3v) is 2.54. The van der Waals surface area contributed by atoms with E-state index in [1.165, 1.54) is 5.56 Å². The highest BCUT2D eigenvalue weighted by atomic mass is 14.0. The summed E-state index contributed by atoms with van der Waals surface area (Å²) < 4.78 is 0. The van der Waals surface area contributed by atoms with Gasteiger partial charge in [0.25, 0.3) is 0 Å². The molecule has 0 saturated heterocycles. The molecule has 0 aliphatic heterocycles. The third-order valence-electron chi connectivity index (χ3n) is 2.54. The number of hydrogen-bond acceptors (Lipinski definition) is 0. The van der Waals surface area contributed by atoms with E-state index in [2.05, 4.69) is 30.6 Å². The molecule has 0 N–H and O–H groups in total. The normalized spacial score (nSPS) is 11.1. The summed E-state index contributed by atoms with van der Waals surface area (Å²) in [6, 6.07) is 20.2. The van der Waals surface area contributed by atoms with Crippen LogP contribution in [0.25, 0.3) is 0 Å². The van der Waals surface area contributed by atoms with Gasteiger partial charge in [0.1, 0.15) is 0 Å². The van der Waals surface area contributed by atoms with Crippen molar-refractivity contribution in [2.75, 3.05) is 0 Å². The van der Waals surface area contributed by atoms with Crippen LogP contribution in [0, 0.1) is 11.8 Å². The van der Waals surface area contributed by atoms with E-state index in [0.29, 0.717) is 0 Å². The van der Waals surface area contributed by atoms with Crippen molar-refractivity contribution in [3.05, 3.63) is 84.4 Å². The van der Waals surface area contributed by atoms with E-state index in [-0.39, 0.29) is 5.92 Å². The van der Waals surface area contributed by atoms with Crippen molar-refractivity contribution in [3.63, 3.8) is 0 Å². The second-order valence-corrected chi connectivity index (χ2v) is 3.76. The highest BCUT2D eigenvalue weighted by Crippen LogP contribution is 2.15. The van der Waals surface area contributed by atoms with Crippen molar-refractivity contribution in [1.82, 2.24) is 0 Å². The molecule has 0 radical (unpaired) electrons. The van der Waals surface area contributed by atoms with Crippen LogP contribution in [-0.4, -0.2) is 0 Å². The van der Waals surface area contributed by atoms with Gasteiger partial charge in [-0.25, -0.2) is 0 Å². The van der Waals surface area contributed by atoms with Crippen LogP contribution in [0.15, 0.2) is 73.3 Å². The Balaban J connectivity index is 2.23. The molecular weight excluding hydrogens is 204 g/mol. The zero-order valence-electron chi connectivity index (χ0n) is 9.64. The van der Waals surface area contributed by atoms with Crippen molar-refractivity contribution in [2.24, 2.45) is 0 Å². The first-order valence-electron chi connectivity index (χ1n) is 5.64. The number of allylic oxidation sites excluding steroid dienone is 1. The summed E-state index contributed by atoms with van der Waals surface area (Å²) in [6.45, 7) is 3.85. The maximum absolute atomic E-state index is 3.85. The summed E-state index contributed by atoms with van der Waals surface area (Å²) in [5.41, 5.74) is 2.22. The molecule has 2 aromatic carbocycles. The standard InChI is InChI=1S/C17H14/c1-2-16(17-11-7-4-8-12-17)14-13-15-9-5-3-6-10-15/h2-12,16H,1H2. The van der Waals surface area contributed by atoms with Crippen molar-refractivity contribution in [1.29, 1.82) is 0 Å². The number of benzene rings is 2. The molecule has 2 rings (SSSR count). The predicted octanol–water partition coefficient (Wildman–Crippen LogP) is 4.01. The quantitative estimate of drug-likeness (QED) is 0.528. The summed E-state index contributed by atoms with van der Waals surface area (Å²) in [5, 5.41) is 0. The predicted molar refractivity (Wildman–Crippen MR) is 72.7 cm³/mol. The molecule has 0 bridgehead atoms. The molecule has 0 heterocycles. The Bertz CT molecular complexity index is 527. The van der Waals surface area contributed by atoms with E-state index in [0.717, 1.165) is 5.56 Å². The largest absolute Gasteiger partial charge is 0.102 e. The van der Waals surface area contributed by atoms with Gasteiger partial charge in [-0.05, 0) is 17.7 Å². The molecule has 0 heteroatoms. The van der Waals surface area contributed by atoms with E-state index >= 15 is 0 Å². The summed E-state index contributed by atoms with van der Waals surface area (Å²) in [6.07, 6.45) is 1.88. The Morgan fingerprint density at radius 1 is 0.882 bits per heavy atom. The molecule has 0 aromatic heterocycles. The molecular formula is C17H14. The van der Waals surface area contributed by atoms with Crippen LogP contribution in [-0.2, 0) is 0 Å². The summed E-state index contributed by atoms with van der Waals surface area (Å²) in [7, 11) is 0. The van der Waals surface area contributed by atoms with Gasteiger partial charge in [0.05, 0.1) is 5.92 Å². The Labute approximate surface area is 103 Å². The monoisotopic (exact) mass is 218 g/mol. The zero-order valence-corrected chi connectivity index (χ0v) is 9.64. The molecule has 82 valence electrons. The maximum Gasteiger partial charge on any atom is 0.0633 e. The third kappa shape index (κ3) is 3.09. The highest BCUT2D eigenvalue weighted by Gasteiger charge is 2.01. The van der Waals surface area contributed by atoms with Gasteiger partial charge in [-0.2, -0.15) is 0 Å². The lowest BCUT2D eigenvalue weighted by atomic mass is 9.99. The van der Waals surface area contributed by atoms with E-state index in [4.69, 9.17) is 0 Å². The first kappa shape index (κ1) is 11.2. The van der Waals surface area contributed by atoms with Crippen LogP contribution in [0.3, 0.4) is 0 Å². The van der Waals surface area contributed by atoms with Crippen molar-refractivity contribution >= 4 is 0 Å². The highest BCUT2D eigenvalue weighted by molar-refractivity contribution is 5.39. The molecule has 0 aliphatic carbocycles. The Morgan fingerprint density at radius 3 is 2.06 bits per heavy atom.